The van der Waals surface area contributed by atoms with Gasteiger partial charge in [-0.25, -0.2) is 12.8 Å². The number of carboxylic acids is 1. The van der Waals surface area contributed by atoms with E-state index < -0.39 is 27.9 Å². The van der Waals surface area contributed by atoms with Crippen molar-refractivity contribution in [1.29, 1.82) is 0 Å². The summed E-state index contributed by atoms with van der Waals surface area (Å²) in [5, 5.41) is 8.59. The Bertz CT molecular complexity index is 498. The van der Waals surface area contributed by atoms with Crippen molar-refractivity contribution >= 4 is 15.8 Å². The molecule has 7 heteroatoms. The smallest absolute Gasteiger partial charge is 0.320 e. The molecule has 0 unspecified atom stereocenters. The lowest BCUT2D eigenvalue weighted by Gasteiger charge is -2.07. The molecule has 0 aromatic heterocycles. The molecule has 0 aliphatic rings. The van der Waals surface area contributed by atoms with Crippen molar-refractivity contribution in [2.24, 2.45) is 5.73 Å². The second-order valence-electron chi connectivity index (χ2n) is 3.52. The largest absolute Gasteiger partial charge is 0.480 e. The maximum Gasteiger partial charge on any atom is 0.320 e. The van der Waals surface area contributed by atoms with Crippen LogP contribution in [0.1, 0.15) is 5.56 Å². The normalized spacial score (nSPS) is 13.3. The van der Waals surface area contributed by atoms with Gasteiger partial charge in [-0.3, -0.25) is 4.79 Å². The van der Waals surface area contributed by atoms with Crippen LogP contribution in [0.25, 0.3) is 0 Å². The summed E-state index contributed by atoms with van der Waals surface area (Å²) in [6.45, 7) is 0. The van der Waals surface area contributed by atoms with Gasteiger partial charge < -0.3 is 10.8 Å². The topological polar surface area (TPSA) is 97.5 Å². The van der Waals surface area contributed by atoms with E-state index in [1.165, 1.54) is 24.3 Å². The Hall–Kier alpha value is -1.47. The number of nitrogens with two attached hydrogens (primary N) is 1. The van der Waals surface area contributed by atoms with Crippen LogP contribution >= 0.6 is 0 Å². The highest BCUT2D eigenvalue weighted by Gasteiger charge is 2.15. The fourth-order valence-electron chi connectivity index (χ4n) is 1.24. The number of carboxylic acid groups (broad SMARTS) is 1. The maximum atomic E-state index is 12.2. The second kappa shape index (κ2) is 5.24. The van der Waals surface area contributed by atoms with E-state index in [1.807, 2.05) is 0 Å². The third-order valence-electron chi connectivity index (χ3n) is 2.20. The Kier molecular flexibility index (Phi) is 4.19. The molecule has 1 aromatic rings. The minimum atomic E-state index is -3.87. The number of alkyl halides is 1. The standard InChI is InChI=1S/C10H12FNO4S/c11-6-17(15,16)8-3-1-7(2-4-8)5-9(12)10(13)14/h1-4,9H,5-6,12H2,(H,13,14)/t9-/m0/s1. The van der Waals surface area contributed by atoms with Crippen molar-refractivity contribution in [2.75, 3.05) is 6.01 Å². The maximum absolute atomic E-state index is 12.2. The van der Waals surface area contributed by atoms with Gasteiger partial charge in [0.2, 0.25) is 9.84 Å². The van der Waals surface area contributed by atoms with Gasteiger partial charge in [-0.1, -0.05) is 12.1 Å². The number of carbonyl (C=O) groups is 1. The summed E-state index contributed by atoms with van der Waals surface area (Å²) in [4.78, 5) is 10.4. The number of benzene rings is 1. The molecule has 0 saturated heterocycles. The Morgan fingerprint density at radius 1 is 1.35 bits per heavy atom. The number of hydrogen-bond acceptors (Lipinski definition) is 4. The average Bonchev–Trinajstić information content (AvgIpc) is 2.29. The molecule has 5 nitrogen and oxygen atoms in total. The van der Waals surface area contributed by atoms with E-state index in [9.17, 15) is 17.6 Å². The molecular weight excluding hydrogens is 249 g/mol. The summed E-state index contributed by atoms with van der Waals surface area (Å²) >= 11 is 0. The first-order valence-corrected chi connectivity index (χ1v) is 6.38. The van der Waals surface area contributed by atoms with Crippen molar-refractivity contribution in [3.8, 4) is 0 Å². The highest BCUT2D eigenvalue weighted by atomic mass is 32.2. The van der Waals surface area contributed by atoms with Gasteiger partial charge in [0.05, 0.1) is 4.90 Å². The van der Waals surface area contributed by atoms with E-state index in [1.54, 1.807) is 0 Å². The number of hydrogen-bond donors (Lipinski definition) is 2. The van der Waals surface area contributed by atoms with Crippen LogP contribution in [0.2, 0.25) is 0 Å². The molecule has 0 saturated carbocycles. The van der Waals surface area contributed by atoms with Crippen molar-refractivity contribution in [1.82, 2.24) is 0 Å². The Morgan fingerprint density at radius 3 is 2.29 bits per heavy atom. The Balaban J connectivity index is 2.86. The summed E-state index contributed by atoms with van der Waals surface area (Å²) in [7, 11) is -3.87. The van der Waals surface area contributed by atoms with E-state index >= 15 is 0 Å². The first kappa shape index (κ1) is 13.6. The zero-order valence-corrected chi connectivity index (χ0v) is 9.65. The van der Waals surface area contributed by atoms with Crippen LogP contribution in [0.4, 0.5) is 4.39 Å². The molecule has 1 rings (SSSR count). The first-order valence-electron chi connectivity index (χ1n) is 4.73. The molecule has 0 spiro atoms. The lowest BCUT2D eigenvalue weighted by atomic mass is 10.1. The van der Waals surface area contributed by atoms with Gasteiger partial charge in [-0.05, 0) is 24.1 Å². The SMILES string of the molecule is N[C@@H](Cc1ccc(S(=O)(=O)CF)cc1)C(=O)O. The van der Waals surface area contributed by atoms with Crippen LogP contribution in [0, 0.1) is 0 Å². The molecule has 17 heavy (non-hydrogen) atoms. The summed E-state index contributed by atoms with van der Waals surface area (Å²) in [6.07, 6.45) is 0.0886. The molecule has 0 radical (unpaired) electrons. The molecule has 0 bridgehead atoms. The molecule has 1 aromatic carbocycles. The third-order valence-corrected chi connectivity index (χ3v) is 3.48. The number of halogens is 1. The molecule has 94 valence electrons. The Labute approximate surface area is 98.0 Å². The highest BCUT2D eigenvalue weighted by molar-refractivity contribution is 7.91. The van der Waals surface area contributed by atoms with E-state index in [0.29, 0.717) is 5.56 Å². The minimum absolute atomic E-state index is 0.0886. The molecule has 0 fully saturated rings. The minimum Gasteiger partial charge on any atom is -0.480 e. The number of sulfone groups is 1. The molecule has 0 amide bonds. The van der Waals surface area contributed by atoms with Gasteiger partial charge in [0, 0.05) is 0 Å². The van der Waals surface area contributed by atoms with Crippen molar-refractivity contribution in [3.05, 3.63) is 29.8 Å². The van der Waals surface area contributed by atoms with E-state index in [2.05, 4.69) is 0 Å². The summed E-state index contributed by atoms with van der Waals surface area (Å²) in [6, 6.07) is 2.81. The Morgan fingerprint density at radius 2 is 1.88 bits per heavy atom. The third kappa shape index (κ3) is 3.50. The molecule has 1 atom stereocenters. The highest BCUT2D eigenvalue weighted by Crippen LogP contribution is 2.13. The molecule has 3 N–H and O–H groups in total. The zero-order valence-electron chi connectivity index (χ0n) is 8.84. The van der Waals surface area contributed by atoms with E-state index in [0.717, 1.165) is 0 Å². The van der Waals surface area contributed by atoms with Crippen molar-refractivity contribution in [3.63, 3.8) is 0 Å². The fourth-order valence-corrected chi connectivity index (χ4v) is 1.91. The van der Waals surface area contributed by atoms with Crippen molar-refractivity contribution in [2.45, 2.75) is 17.4 Å². The van der Waals surface area contributed by atoms with Crippen LogP contribution in [-0.2, 0) is 21.1 Å². The van der Waals surface area contributed by atoms with Crippen LogP contribution in [0.15, 0.2) is 29.2 Å². The fraction of sp³-hybridized carbons (Fsp3) is 0.300. The quantitative estimate of drug-likeness (QED) is 0.796. The van der Waals surface area contributed by atoms with Gasteiger partial charge in [0.15, 0.2) is 6.01 Å². The molecule has 0 heterocycles. The summed E-state index contributed by atoms with van der Waals surface area (Å²) in [5.74, 6) is -1.13. The summed E-state index contributed by atoms with van der Waals surface area (Å²) in [5.41, 5.74) is 5.90. The number of rotatable bonds is 5. The van der Waals surface area contributed by atoms with Crippen LogP contribution in [-0.4, -0.2) is 31.5 Å². The van der Waals surface area contributed by atoms with E-state index in [-0.39, 0.29) is 11.3 Å². The van der Waals surface area contributed by atoms with Crippen LogP contribution in [0.5, 0.6) is 0 Å². The zero-order chi connectivity index (χ0) is 13.1. The van der Waals surface area contributed by atoms with Crippen LogP contribution < -0.4 is 5.73 Å². The molecule has 0 aliphatic heterocycles. The first-order chi connectivity index (χ1) is 7.86. The predicted octanol–water partition coefficient (Wildman–Crippen LogP) is 0.342. The lowest BCUT2D eigenvalue weighted by molar-refractivity contribution is -0.138. The number of aliphatic carboxylic acids is 1. The van der Waals surface area contributed by atoms with Crippen LogP contribution in [0.3, 0.4) is 0 Å². The monoisotopic (exact) mass is 261 g/mol. The second-order valence-corrected chi connectivity index (χ2v) is 5.44. The predicted molar refractivity (Wildman–Crippen MR) is 58.9 cm³/mol. The van der Waals surface area contributed by atoms with Gasteiger partial charge in [-0.15, -0.1) is 0 Å². The van der Waals surface area contributed by atoms with Gasteiger partial charge in [0.25, 0.3) is 0 Å². The van der Waals surface area contributed by atoms with Gasteiger partial charge in [0.1, 0.15) is 6.04 Å². The van der Waals surface area contributed by atoms with E-state index in [4.69, 9.17) is 10.8 Å². The lowest BCUT2D eigenvalue weighted by Crippen LogP contribution is -2.32. The molecular formula is C10H12FNO4S. The average molecular weight is 261 g/mol. The van der Waals surface area contributed by atoms with Crippen molar-refractivity contribution < 1.29 is 22.7 Å². The van der Waals surface area contributed by atoms with Gasteiger partial charge >= 0.3 is 5.97 Å². The summed E-state index contributed by atoms with van der Waals surface area (Å²) < 4.78 is 34.5. The molecule has 0 aliphatic carbocycles. The van der Waals surface area contributed by atoms with Gasteiger partial charge in [-0.2, -0.15) is 0 Å².